The minimum atomic E-state index is -0.188. The minimum Gasteiger partial charge on any atom is -0.493 e. The van der Waals surface area contributed by atoms with Gasteiger partial charge in [0.25, 0.3) is 5.91 Å². The maximum Gasteiger partial charge on any atom is 0.256 e. The number of rotatable bonds is 5. The topological polar surface area (TPSA) is 84.2 Å². The van der Waals surface area contributed by atoms with Crippen molar-refractivity contribution in [2.75, 3.05) is 19.5 Å². The average Bonchev–Trinajstić information content (AvgIpc) is 2.92. The van der Waals surface area contributed by atoms with E-state index in [4.69, 9.17) is 19.7 Å². The first-order valence-electron chi connectivity index (χ1n) is 12.2. The van der Waals surface area contributed by atoms with Crippen LogP contribution in [0.1, 0.15) is 46.1 Å². The van der Waals surface area contributed by atoms with Crippen LogP contribution in [0.15, 0.2) is 66.7 Å². The molecule has 6 nitrogen and oxygen atoms in total. The van der Waals surface area contributed by atoms with E-state index in [0.717, 1.165) is 46.1 Å². The second-order valence-corrected chi connectivity index (χ2v) is 9.24. The number of methoxy groups -OCH3 is 2. The molecule has 1 aromatic heterocycles. The first kappa shape index (κ1) is 24.1. The highest BCUT2D eigenvalue weighted by molar-refractivity contribution is 6.14. The van der Waals surface area contributed by atoms with Crippen LogP contribution in [0, 0.1) is 17.2 Å². The number of nitrogens with one attached hydrogen (secondary N) is 1. The lowest BCUT2D eigenvalue weighted by Crippen LogP contribution is -2.21. The fourth-order valence-corrected chi connectivity index (χ4v) is 5.03. The van der Waals surface area contributed by atoms with E-state index in [1.165, 1.54) is 0 Å². The Kier molecular flexibility index (Phi) is 6.61. The van der Waals surface area contributed by atoms with Gasteiger partial charge in [-0.2, -0.15) is 5.26 Å². The molecule has 0 radical (unpaired) electrons. The van der Waals surface area contributed by atoms with Crippen molar-refractivity contribution in [1.29, 1.82) is 5.26 Å². The Labute approximate surface area is 216 Å². The summed E-state index contributed by atoms with van der Waals surface area (Å²) in [5.74, 6) is 1.46. The lowest BCUT2D eigenvalue weighted by Gasteiger charge is -2.27. The Morgan fingerprint density at radius 3 is 2.54 bits per heavy atom. The number of nitrogens with zero attached hydrogens (tertiary/aromatic N) is 2. The molecule has 0 spiro atoms. The molecule has 0 bridgehead atoms. The van der Waals surface area contributed by atoms with Gasteiger partial charge in [0.05, 0.1) is 42.6 Å². The van der Waals surface area contributed by atoms with Crippen molar-refractivity contribution < 1.29 is 14.3 Å². The number of amides is 1. The van der Waals surface area contributed by atoms with E-state index in [1.807, 2.05) is 42.5 Å². The van der Waals surface area contributed by atoms with Crippen LogP contribution in [0.2, 0.25) is 0 Å². The van der Waals surface area contributed by atoms with E-state index < -0.39 is 0 Å². The lowest BCUT2D eigenvalue weighted by atomic mass is 9.80. The molecular formula is C31H27N3O3. The maximum absolute atomic E-state index is 13.8. The molecule has 5 rings (SSSR count). The summed E-state index contributed by atoms with van der Waals surface area (Å²) in [7, 11) is 3.26. The van der Waals surface area contributed by atoms with Crippen LogP contribution in [0.4, 0.5) is 5.69 Å². The molecule has 0 fully saturated rings. The third-order valence-electron chi connectivity index (χ3n) is 6.68. The van der Waals surface area contributed by atoms with Crippen molar-refractivity contribution in [3.8, 4) is 17.6 Å². The molecule has 1 aliphatic carbocycles. The van der Waals surface area contributed by atoms with Gasteiger partial charge in [0.2, 0.25) is 0 Å². The quantitative estimate of drug-likeness (QED) is 0.346. The number of hydrogen-bond acceptors (Lipinski definition) is 5. The molecule has 0 saturated heterocycles. The molecule has 184 valence electrons. The number of para-hydroxylation sites is 2. The molecule has 0 saturated carbocycles. The number of hydrogen-bond donors (Lipinski definition) is 1. The number of aromatic nitrogens is 1. The Morgan fingerprint density at radius 1 is 1.03 bits per heavy atom. The summed E-state index contributed by atoms with van der Waals surface area (Å²) < 4.78 is 11.2. The highest BCUT2D eigenvalue weighted by atomic mass is 16.5. The molecule has 1 aliphatic rings. The van der Waals surface area contributed by atoms with Gasteiger partial charge in [-0.15, -0.1) is 0 Å². The Morgan fingerprint density at radius 2 is 1.81 bits per heavy atom. The van der Waals surface area contributed by atoms with E-state index in [0.29, 0.717) is 34.2 Å². The van der Waals surface area contributed by atoms with Gasteiger partial charge in [0.15, 0.2) is 11.5 Å². The third kappa shape index (κ3) is 4.64. The minimum absolute atomic E-state index is 0.188. The highest BCUT2D eigenvalue weighted by Crippen LogP contribution is 2.41. The Balaban J connectivity index is 1.67. The Bertz CT molecular complexity index is 1570. The van der Waals surface area contributed by atoms with Gasteiger partial charge in [-0.3, -0.25) is 4.79 Å². The number of nitriles is 1. The van der Waals surface area contributed by atoms with Crippen LogP contribution in [0.3, 0.4) is 0 Å². The lowest BCUT2D eigenvalue weighted by molar-refractivity contribution is 0.102. The van der Waals surface area contributed by atoms with Gasteiger partial charge < -0.3 is 14.8 Å². The molecule has 1 N–H and O–H groups in total. The van der Waals surface area contributed by atoms with Gasteiger partial charge in [-0.25, -0.2) is 4.98 Å². The van der Waals surface area contributed by atoms with Gasteiger partial charge in [0.1, 0.15) is 0 Å². The predicted molar refractivity (Wildman–Crippen MR) is 146 cm³/mol. The van der Waals surface area contributed by atoms with E-state index >= 15 is 0 Å². The standard InChI is InChI=1S/C31H27N3O3/c1-19-15-22(17-21-7-6-10-27(36-2)30(21)37-3)29-25(16-19)28(24-8-4-5-9-26(24)34-29)31(35)33-23-13-11-20(18-32)12-14-23/h4-14,17,19H,15-16H2,1-3H3,(H,33,35)/b22-17+. The number of benzene rings is 3. The summed E-state index contributed by atoms with van der Waals surface area (Å²) in [6.07, 6.45) is 3.67. The maximum atomic E-state index is 13.8. The van der Waals surface area contributed by atoms with Crippen molar-refractivity contribution in [2.45, 2.75) is 19.8 Å². The average molecular weight is 490 g/mol. The predicted octanol–water partition coefficient (Wildman–Crippen LogP) is 6.50. The van der Waals surface area contributed by atoms with Crippen LogP contribution in [0.5, 0.6) is 11.5 Å². The summed E-state index contributed by atoms with van der Waals surface area (Å²) in [4.78, 5) is 18.8. The van der Waals surface area contributed by atoms with Crippen molar-refractivity contribution >= 4 is 34.1 Å². The van der Waals surface area contributed by atoms with Crippen LogP contribution in [0.25, 0.3) is 22.6 Å². The summed E-state index contributed by atoms with van der Waals surface area (Å²) in [6.45, 7) is 2.19. The summed E-state index contributed by atoms with van der Waals surface area (Å²) in [5.41, 5.74) is 6.32. The van der Waals surface area contributed by atoms with Crippen molar-refractivity contribution in [3.63, 3.8) is 0 Å². The largest absolute Gasteiger partial charge is 0.493 e. The molecule has 1 amide bonds. The zero-order valence-electron chi connectivity index (χ0n) is 21.0. The Hall–Kier alpha value is -4.63. The number of fused-ring (bicyclic) bond motifs is 2. The van der Waals surface area contributed by atoms with E-state index in [2.05, 4.69) is 24.4 Å². The number of anilines is 1. The smallest absolute Gasteiger partial charge is 0.256 e. The van der Waals surface area contributed by atoms with Crippen molar-refractivity contribution in [1.82, 2.24) is 4.98 Å². The van der Waals surface area contributed by atoms with Gasteiger partial charge >= 0.3 is 0 Å². The molecule has 37 heavy (non-hydrogen) atoms. The number of ether oxygens (including phenoxy) is 2. The zero-order valence-corrected chi connectivity index (χ0v) is 21.0. The van der Waals surface area contributed by atoms with Crippen LogP contribution in [-0.4, -0.2) is 25.1 Å². The molecule has 1 unspecified atom stereocenters. The fourth-order valence-electron chi connectivity index (χ4n) is 5.03. The van der Waals surface area contributed by atoms with E-state index in [9.17, 15) is 4.79 Å². The normalized spacial score (nSPS) is 15.6. The van der Waals surface area contributed by atoms with Gasteiger partial charge in [-0.1, -0.05) is 37.3 Å². The molecule has 0 aliphatic heterocycles. The van der Waals surface area contributed by atoms with Crippen LogP contribution < -0.4 is 14.8 Å². The fraction of sp³-hybridized carbons (Fsp3) is 0.194. The molecule has 6 heteroatoms. The van der Waals surface area contributed by atoms with Gasteiger partial charge in [0, 0.05) is 16.6 Å². The molecule has 1 atom stereocenters. The molecule has 3 aromatic carbocycles. The van der Waals surface area contributed by atoms with Crippen LogP contribution in [-0.2, 0) is 6.42 Å². The third-order valence-corrected chi connectivity index (χ3v) is 6.68. The molecule has 1 heterocycles. The first-order valence-corrected chi connectivity index (χ1v) is 12.2. The second-order valence-electron chi connectivity index (χ2n) is 9.24. The van der Waals surface area contributed by atoms with Crippen LogP contribution >= 0.6 is 0 Å². The van der Waals surface area contributed by atoms with E-state index in [-0.39, 0.29) is 5.91 Å². The number of carbonyl (C=O) groups is 1. The number of allylic oxidation sites excluding steroid dienone is 1. The molecular weight excluding hydrogens is 462 g/mol. The molecule has 4 aromatic rings. The first-order chi connectivity index (χ1) is 18.0. The summed E-state index contributed by atoms with van der Waals surface area (Å²) in [5, 5.41) is 12.9. The SMILES string of the molecule is COc1cccc(/C=C2\CC(C)Cc3c2nc2ccccc2c3C(=O)Nc2ccc(C#N)cc2)c1OC. The van der Waals surface area contributed by atoms with Crippen molar-refractivity contribution in [2.24, 2.45) is 5.92 Å². The number of pyridine rings is 1. The number of carbonyl (C=O) groups excluding carboxylic acids is 1. The highest BCUT2D eigenvalue weighted by Gasteiger charge is 2.28. The van der Waals surface area contributed by atoms with Gasteiger partial charge in [-0.05, 0) is 72.4 Å². The summed E-state index contributed by atoms with van der Waals surface area (Å²) >= 11 is 0. The van der Waals surface area contributed by atoms with Crippen molar-refractivity contribution in [3.05, 3.63) is 94.7 Å². The monoisotopic (exact) mass is 489 g/mol. The second kappa shape index (κ2) is 10.2. The summed E-state index contributed by atoms with van der Waals surface area (Å²) in [6, 6.07) is 22.5. The van der Waals surface area contributed by atoms with E-state index in [1.54, 1.807) is 38.5 Å². The zero-order chi connectivity index (χ0) is 25.9.